The number of anilines is 1. The molecule has 4 nitrogen and oxygen atoms in total. The van der Waals surface area contributed by atoms with Crippen molar-refractivity contribution < 1.29 is 9.90 Å². The van der Waals surface area contributed by atoms with Gasteiger partial charge in [-0.3, -0.25) is 4.79 Å². The normalized spacial score (nSPS) is 24.2. The summed E-state index contributed by atoms with van der Waals surface area (Å²) in [5, 5.41) is 16.0. The number of aromatic hydroxyl groups is 1. The number of phenols is 1. The fourth-order valence-electron chi connectivity index (χ4n) is 3.17. The molecule has 3 N–H and O–H groups in total. The lowest BCUT2D eigenvalue weighted by Crippen LogP contribution is -2.31. The van der Waals surface area contributed by atoms with Crippen molar-refractivity contribution in [3.63, 3.8) is 0 Å². The minimum Gasteiger partial charge on any atom is -0.506 e. The standard InChI is InChI=1S/C15H20N2O2/c1-10-2-3-13(18)12(8-10)17-14(19)11-9-15(11)4-6-16-7-5-15/h2-3,8,11,16,18H,4-7,9H2,1H3,(H,17,19). The minimum atomic E-state index is 0.0581. The number of hydrogen-bond donors (Lipinski definition) is 3. The number of carbonyl (C=O) groups excluding carboxylic acids is 1. The Morgan fingerprint density at radius 3 is 2.89 bits per heavy atom. The van der Waals surface area contributed by atoms with Gasteiger partial charge in [-0.25, -0.2) is 0 Å². The van der Waals surface area contributed by atoms with Gasteiger partial charge in [-0.15, -0.1) is 0 Å². The molecule has 4 heteroatoms. The summed E-state index contributed by atoms with van der Waals surface area (Å²) >= 11 is 0. The van der Waals surface area contributed by atoms with E-state index in [9.17, 15) is 9.90 Å². The third-order valence-corrected chi connectivity index (χ3v) is 4.52. The van der Waals surface area contributed by atoms with Crippen LogP contribution >= 0.6 is 0 Å². The molecule has 1 saturated heterocycles. The van der Waals surface area contributed by atoms with E-state index in [1.807, 2.05) is 19.1 Å². The first-order valence-corrected chi connectivity index (χ1v) is 6.92. The molecular weight excluding hydrogens is 240 g/mol. The molecule has 1 aromatic rings. The van der Waals surface area contributed by atoms with Crippen LogP contribution in [0, 0.1) is 18.3 Å². The van der Waals surface area contributed by atoms with Gasteiger partial charge in [0.1, 0.15) is 5.75 Å². The van der Waals surface area contributed by atoms with Crippen LogP contribution in [0.3, 0.4) is 0 Å². The Balaban J connectivity index is 1.68. The Labute approximate surface area is 113 Å². The van der Waals surface area contributed by atoms with Crippen LogP contribution in [0.25, 0.3) is 0 Å². The number of nitrogens with one attached hydrogen (secondary N) is 2. The highest BCUT2D eigenvalue weighted by molar-refractivity contribution is 5.96. The lowest BCUT2D eigenvalue weighted by Gasteiger charge is -2.23. The first kappa shape index (κ1) is 12.5. The van der Waals surface area contributed by atoms with Crippen molar-refractivity contribution in [2.24, 2.45) is 11.3 Å². The van der Waals surface area contributed by atoms with Crippen LogP contribution in [-0.4, -0.2) is 24.1 Å². The van der Waals surface area contributed by atoms with E-state index in [0.717, 1.165) is 37.9 Å². The third kappa shape index (κ3) is 2.32. The molecule has 1 aliphatic carbocycles. The second kappa shape index (κ2) is 4.53. The van der Waals surface area contributed by atoms with E-state index >= 15 is 0 Å². The molecule has 102 valence electrons. The Bertz CT molecular complexity index is 507. The second-order valence-electron chi connectivity index (χ2n) is 5.88. The monoisotopic (exact) mass is 260 g/mol. The van der Waals surface area contributed by atoms with Gasteiger partial charge >= 0.3 is 0 Å². The fourth-order valence-corrected chi connectivity index (χ4v) is 3.17. The molecule has 2 aliphatic rings. The molecule has 3 rings (SSSR count). The molecule has 1 saturated carbocycles. The van der Waals surface area contributed by atoms with Gasteiger partial charge in [0.15, 0.2) is 0 Å². The largest absolute Gasteiger partial charge is 0.506 e. The van der Waals surface area contributed by atoms with Crippen molar-refractivity contribution in [1.82, 2.24) is 5.32 Å². The Hall–Kier alpha value is -1.55. The molecule has 1 amide bonds. The summed E-state index contributed by atoms with van der Waals surface area (Å²) in [6.45, 7) is 3.97. The van der Waals surface area contributed by atoms with Crippen LogP contribution in [0.2, 0.25) is 0 Å². The highest BCUT2D eigenvalue weighted by Crippen LogP contribution is 2.58. The first-order chi connectivity index (χ1) is 9.11. The van der Waals surface area contributed by atoms with Gasteiger partial charge in [-0.1, -0.05) is 6.07 Å². The molecule has 1 heterocycles. The second-order valence-corrected chi connectivity index (χ2v) is 5.88. The number of carbonyl (C=O) groups is 1. The highest BCUT2D eigenvalue weighted by atomic mass is 16.3. The third-order valence-electron chi connectivity index (χ3n) is 4.52. The molecule has 1 atom stereocenters. The lowest BCUT2D eigenvalue weighted by molar-refractivity contribution is -0.118. The van der Waals surface area contributed by atoms with E-state index < -0.39 is 0 Å². The zero-order valence-electron chi connectivity index (χ0n) is 11.2. The van der Waals surface area contributed by atoms with Gasteiger partial charge in [0.05, 0.1) is 5.69 Å². The van der Waals surface area contributed by atoms with Crippen molar-refractivity contribution in [1.29, 1.82) is 0 Å². The molecule has 0 radical (unpaired) electrons. The van der Waals surface area contributed by atoms with E-state index in [2.05, 4.69) is 10.6 Å². The van der Waals surface area contributed by atoms with E-state index in [-0.39, 0.29) is 23.0 Å². The van der Waals surface area contributed by atoms with Crippen LogP contribution in [0.4, 0.5) is 5.69 Å². The average Bonchev–Trinajstić information content (AvgIpc) is 3.08. The topological polar surface area (TPSA) is 61.4 Å². The number of amides is 1. The number of benzene rings is 1. The summed E-state index contributed by atoms with van der Waals surface area (Å²) in [6, 6.07) is 5.26. The molecule has 1 aromatic carbocycles. The SMILES string of the molecule is Cc1ccc(O)c(NC(=O)C2CC23CCNCC3)c1. The van der Waals surface area contributed by atoms with Gasteiger partial charge < -0.3 is 15.7 Å². The Kier molecular flexibility index (Phi) is 2.97. The summed E-state index contributed by atoms with van der Waals surface area (Å²) in [5.74, 6) is 0.316. The molecule has 0 bridgehead atoms. The zero-order chi connectivity index (χ0) is 13.5. The number of hydrogen-bond acceptors (Lipinski definition) is 3. The van der Waals surface area contributed by atoms with Crippen molar-refractivity contribution in [2.75, 3.05) is 18.4 Å². The maximum absolute atomic E-state index is 12.3. The highest BCUT2D eigenvalue weighted by Gasteiger charge is 2.57. The van der Waals surface area contributed by atoms with Gasteiger partial charge in [-0.2, -0.15) is 0 Å². The molecule has 1 spiro atoms. The van der Waals surface area contributed by atoms with Crippen LogP contribution in [0.15, 0.2) is 18.2 Å². The van der Waals surface area contributed by atoms with E-state index in [4.69, 9.17) is 0 Å². The van der Waals surface area contributed by atoms with Gasteiger partial charge in [-0.05, 0) is 62.4 Å². The van der Waals surface area contributed by atoms with Crippen LogP contribution < -0.4 is 10.6 Å². The van der Waals surface area contributed by atoms with Crippen molar-refractivity contribution in [3.8, 4) is 5.75 Å². The Morgan fingerprint density at radius 2 is 2.16 bits per heavy atom. The minimum absolute atomic E-state index is 0.0581. The average molecular weight is 260 g/mol. The first-order valence-electron chi connectivity index (χ1n) is 6.92. The number of aryl methyl sites for hydroxylation is 1. The van der Waals surface area contributed by atoms with Gasteiger partial charge in [0.25, 0.3) is 0 Å². The smallest absolute Gasteiger partial charge is 0.228 e. The number of phenolic OH excluding ortho intramolecular Hbond substituents is 1. The summed E-state index contributed by atoms with van der Waals surface area (Å²) in [4.78, 5) is 12.3. The lowest BCUT2D eigenvalue weighted by atomic mass is 9.92. The fraction of sp³-hybridized carbons (Fsp3) is 0.533. The Morgan fingerprint density at radius 1 is 1.42 bits per heavy atom. The quantitative estimate of drug-likeness (QED) is 0.713. The van der Waals surface area contributed by atoms with Crippen LogP contribution in [0.1, 0.15) is 24.8 Å². The maximum Gasteiger partial charge on any atom is 0.228 e. The van der Waals surface area contributed by atoms with Crippen LogP contribution in [-0.2, 0) is 4.79 Å². The molecule has 1 unspecified atom stereocenters. The molecule has 19 heavy (non-hydrogen) atoms. The summed E-state index contributed by atoms with van der Waals surface area (Å²) in [5.41, 5.74) is 1.79. The maximum atomic E-state index is 12.3. The molecule has 1 aliphatic heterocycles. The molecular formula is C15H20N2O2. The van der Waals surface area contributed by atoms with Crippen molar-refractivity contribution in [3.05, 3.63) is 23.8 Å². The van der Waals surface area contributed by atoms with E-state index in [1.54, 1.807) is 6.07 Å². The van der Waals surface area contributed by atoms with Gasteiger partial charge in [0, 0.05) is 5.92 Å². The van der Waals surface area contributed by atoms with Crippen LogP contribution in [0.5, 0.6) is 5.75 Å². The molecule has 2 fully saturated rings. The number of rotatable bonds is 2. The van der Waals surface area contributed by atoms with Crippen molar-refractivity contribution >= 4 is 11.6 Å². The van der Waals surface area contributed by atoms with Crippen molar-refractivity contribution in [2.45, 2.75) is 26.2 Å². The summed E-state index contributed by atoms with van der Waals surface area (Å²) in [7, 11) is 0. The van der Waals surface area contributed by atoms with E-state index in [1.165, 1.54) is 0 Å². The predicted molar refractivity (Wildman–Crippen MR) is 74.1 cm³/mol. The summed E-state index contributed by atoms with van der Waals surface area (Å²) in [6.07, 6.45) is 3.17. The number of piperidine rings is 1. The van der Waals surface area contributed by atoms with Gasteiger partial charge in [0.2, 0.25) is 5.91 Å². The predicted octanol–water partition coefficient (Wildman–Crippen LogP) is 2.03. The van der Waals surface area contributed by atoms with E-state index in [0.29, 0.717) is 5.69 Å². The molecule has 0 aromatic heterocycles. The zero-order valence-corrected chi connectivity index (χ0v) is 11.2. The summed E-state index contributed by atoms with van der Waals surface area (Å²) < 4.78 is 0.